The summed E-state index contributed by atoms with van der Waals surface area (Å²) in [4.78, 5) is 13.6. The number of carbonyl (C=O) groups excluding carboxylic acids is 1. The molecule has 0 aliphatic rings. The number of carbonyl (C=O) groups is 1. The van der Waals surface area contributed by atoms with Crippen molar-refractivity contribution in [2.45, 2.75) is 13.1 Å². The lowest BCUT2D eigenvalue weighted by molar-refractivity contribution is 0.206. The second kappa shape index (κ2) is 7.97. The van der Waals surface area contributed by atoms with Crippen LogP contribution in [0.4, 0.5) is 9.18 Å². The van der Waals surface area contributed by atoms with E-state index in [0.717, 1.165) is 15.8 Å². The largest absolute Gasteiger partial charge is 0.497 e. The summed E-state index contributed by atoms with van der Waals surface area (Å²) in [7, 11) is 3.30. The second-order valence-corrected chi connectivity index (χ2v) is 6.01. The fourth-order valence-electron chi connectivity index (χ4n) is 2.06. The Bertz CT molecular complexity index is 677. The van der Waals surface area contributed by atoms with Gasteiger partial charge in [0.05, 0.1) is 7.11 Å². The minimum atomic E-state index is -0.341. The molecular weight excluding hydrogens is 363 g/mol. The van der Waals surface area contributed by atoms with Crippen molar-refractivity contribution in [2.75, 3.05) is 14.2 Å². The molecule has 23 heavy (non-hydrogen) atoms. The Morgan fingerprint density at radius 3 is 2.61 bits per heavy atom. The van der Waals surface area contributed by atoms with E-state index in [4.69, 9.17) is 4.74 Å². The molecule has 4 nitrogen and oxygen atoms in total. The minimum Gasteiger partial charge on any atom is -0.497 e. The van der Waals surface area contributed by atoms with Crippen LogP contribution in [0, 0.1) is 5.82 Å². The van der Waals surface area contributed by atoms with Gasteiger partial charge in [-0.15, -0.1) is 0 Å². The first-order valence-electron chi connectivity index (χ1n) is 7.05. The fourth-order valence-corrected chi connectivity index (χ4v) is 2.47. The molecule has 0 aromatic heterocycles. The quantitative estimate of drug-likeness (QED) is 0.853. The number of benzene rings is 2. The lowest BCUT2D eigenvalue weighted by atomic mass is 10.2. The highest BCUT2D eigenvalue weighted by Crippen LogP contribution is 2.16. The number of hydrogen-bond donors (Lipinski definition) is 1. The Morgan fingerprint density at radius 2 is 1.96 bits per heavy atom. The summed E-state index contributed by atoms with van der Waals surface area (Å²) >= 11 is 3.29. The third-order valence-corrected chi connectivity index (χ3v) is 3.86. The zero-order valence-electron chi connectivity index (χ0n) is 13.0. The van der Waals surface area contributed by atoms with Gasteiger partial charge in [-0.2, -0.15) is 0 Å². The number of amides is 2. The highest BCUT2D eigenvalue weighted by Gasteiger charge is 2.10. The van der Waals surface area contributed by atoms with Gasteiger partial charge in [-0.3, -0.25) is 0 Å². The molecule has 0 heterocycles. The van der Waals surface area contributed by atoms with Gasteiger partial charge in [0.1, 0.15) is 11.6 Å². The van der Waals surface area contributed by atoms with Crippen LogP contribution in [0.1, 0.15) is 11.1 Å². The standard InChI is InChI=1S/C17H18BrFN2O2/c1-21(11-12-3-6-15(23-2)7-4-12)17(22)20-10-13-9-14(18)5-8-16(13)19/h3-9H,10-11H2,1-2H3,(H,20,22). The third kappa shape index (κ3) is 4.96. The van der Waals surface area contributed by atoms with Crippen LogP contribution in [0.25, 0.3) is 0 Å². The minimum absolute atomic E-state index is 0.136. The molecule has 0 aliphatic heterocycles. The Hall–Kier alpha value is -2.08. The average molecular weight is 381 g/mol. The lowest BCUT2D eigenvalue weighted by Gasteiger charge is -2.18. The average Bonchev–Trinajstić information content (AvgIpc) is 2.56. The van der Waals surface area contributed by atoms with E-state index in [1.54, 1.807) is 26.3 Å². The number of nitrogens with one attached hydrogen (secondary N) is 1. The summed E-state index contributed by atoms with van der Waals surface area (Å²) in [5, 5.41) is 2.71. The SMILES string of the molecule is COc1ccc(CN(C)C(=O)NCc2cc(Br)ccc2F)cc1. The number of hydrogen-bond acceptors (Lipinski definition) is 2. The molecule has 0 radical (unpaired) electrons. The predicted octanol–water partition coefficient (Wildman–Crippen LogP) is 3.94. The Kier molecular flexibility index (Phi) is 5.98. The van der Waals surface area contributed by atoms with Crippen LogP contribution in [0.3, 0.4) is 0 Å². The Labute approximate surface area is 143 Å². The van der Waals surface area contributed by atoms with Gasteiger partial charge in [-0.05, 0) is 35.9 Å². The van der Waals surface area contributed by atoms with E-state index < -0.39 is 0 Å². The molecule has 2 rings (SSSR count). The van der Waals surface area contributed by atoms with Crippen molar-refractivity contribution in [2.24, 2.45) is 0 Å². The summed E-state index contributed by atoms with van der Waals surface area (Å²) < 4.78 is 19.5. The first-order valence-corrected chi connectivity index (χ1v) is 7.84. The van der Waals surface area contributed by atoms with E-state index in [9.17, 15) is 9.18 Å². The van der Waals surface area contributed by atoms with Crippen LogP contribution in [0.2, 0.25) is 0 Å². The Morgan fingerprint density at radius 1 is 1.26 bits per heavy atom. The lowest BCUT2D eigenvalue weighted by Crippen LogP contribution is -2.36. The smallest absolute Gasteiger partial charge is 0.317 e. The van der Waals surface area contributed by atoms with Crippen molar-refractivity contribution in [1.82, 2.24) is 10.2 Å². The van der Waals surface area contributed by atoms with Gasteiger partial charge in [-0.25, -0.2) is 9.18 Å². The summed E-state index contributed by atoms with van der Waals surface area (Å²) in [6.45, 7) is 0.591. The molecule has 2 amide bonds. The number of methoxy groups -OCH3 is 1. The second-order valence-electron chi connectivity index (χ2n) is 5.10. The molecule has 0 aliphatic carbocycles. The van der Waals surface area contributed by atoms with Gasteiger partial charge < -0.3 is 15.0 Å². The van der Waals surface area contributed by atoms with Crippen molar-refractivity contribution in [1.29, 1.82) is 0 Å². The molecule has 1 N–H and O–H groups in total. The number of rotatable bonds is 5. The molecule has 2 aromatic rings. The van der Waals surface area contributed by atoms with Crippen molar-refractivity contribution >= 4 is 22.0 Å². The first kappa shape index (κ1) is 17.3. The van der Waals surface area contributed by atoms with Crippen LogP contribution in [0.15, 0.2) is 46.9 Å². The third-order valence-electron chi connectivity index (χ3n) is 3.36. The highest BCUT2D eigenvalue weighted by atomic mass is 79.9. The van der Waals surface area contributed by atoms with Crippen LogP contribution in [0.5, 0.6) is 5.75 Å². The van der Waals surface area contributed by atoms with Gasteiger partial charge in [0.15, 0.2) is 0 Å². The number of nitrogens with zero attached hydrogens (tertiary/aromatic N) is 1. The van der Waals surface area contributed by atoms with Gasteiger partial charge >= 0.3 is 6.03 Å². The van der Waals surface area contributed by atoms with Gasteiger partial charge in [0, 0.05) is 30.2 Å². The number of urea groups is 1. The van der Waals surface area contributed by atoms with Gasteiger partial charge in [-0.1, -0.05) is 28.1 Å². The zero-order chi connectivity index (χ0) is 16.8. The van der Waals surface area contributed by atoms with E-state index >= 15 is 0 Å². The molecule has 0 fully saturated rings. The molecule has 0 saturated carbocycles. The maximum Gasteiger partial charge on any atom is 0.317 e. The highest BCUT2D eigenvalue weighted by molar-refractivity contribution is 9.10. The van der Waals surface area contributed by atoms with E-state index in [1.807, 2.05) is 24.3 Å². The molecule has 2 aromatic carbocycles. The topological polar surface area (TPSA) is 41.6 Å². The summed E-state index contributed by atoms with van der Waals surface area (Å²) in [5.74, 6) is 0.428. The summed E-state index contributed by atoms with van der Waals surface area (Å²) in [5.41, 5.74) is 1.42. The predicted molar refractivity (Wildman–Crippen MR) is 90.8 cm³/mol. The van der Waals surface area contributed by atoms with Crippen molar-refractivity contribution < 1.29 is 13.9 Å². The van der Waals surface area contributed by atoms with Gasteiger partial charge in [0.25, 0.3) is 0 Å². The van der Waals surface area contributed by atoms with Crippen molar-refractivity contribution in [3.05, 3.63) is 63.9 Å². The zero-order valence-corrected chi connectivity index (χ0v) is 14.6. The number of halogens is 2. The van der Waals surface area contributed by atoms with Crippen LogP contribution >= 0.6 is 15.9 Å². The fraction of sp³-hybridized carbons (Fsp3) is 0.235. The van der Waals surface area contributed by atoms with E-state index in [-0.39, 0.29) is 18.4 Å². The molecule has 0 spiro atoms. The molecule has 0 unspecified atom stereocenters. The Balaban J connectivity index is 1.90. The molecule has 0 bridgehead atoms. The molecule has 0 saturated heterocycles. The van der Waals surface area contributed by atoms with Crippen LogP contribution in [-0.4, -0.2) is 25.1 Å². The number of ether oxygens (including phenoxy) is 1. The maximum atomic E-state index is 13.6. The van der Waals surface area contributed by atoms with Gasteiger partial charge in [0.2, 0.25) is 0 Å². The molecule has 122 valence electrons. The van der Waals surface area contributed by atoms with E-state index in [0.29, 0.717) is 12.1 Å². The monoisotopic (exact) mass is 380 g/mol. The molecule has 6 heteroatoms. The van der Waals surface area contributed by atoms with Crippen LogP contribution in [-0.2, 0) is 13.1 Å². The summed E-state index contributed by atoms with van der Waals surface area (Å²) in [6, 6.07) is 11.9. The molecular formula is C17H18BrFN2O2. The molecule has 0 atom stereocenters. The van der Waals surface area contributed by atoms with Crippen molar-refractivity contribution in [3.8, 4) is 5.75 Å². The first-order chi connectivity index (χ1) is 11.0. The summed E-state index contributed by atoms with van der Waals surface area (Å²) in [6.07, 6.45) is 0. The normalized spacial score (nSPS) is 10.3. The van der Waals surface area contributed by atoms with E-state index in [1.165, 1.54) is 11.0 Å². The van der Waals surface area contributed by atoms with E-state index in [2.05, 4.69) is 21.2 Å². The maximum absolute atomic E-state index is 13.6. The van der Waals surface area contributed by atoms with Crippen molar-refractivity contribution in [3.63, 3.8) is 0 Å². The van der Waals surface area contributed by atoms with Crippen LogP contribution < -0.4 is 10.1 Å².